The van der Waals surface area contributed by atoms with Gasteiger partial charge in [0.05, 0.1) is 238 Å². The van der Waals surface area contributed by atoms with E-state index < -0.39 is 17.5 Å². The smallest absolute Gasteiger partial charge is 0.174 e. The minimum atomic E-state index is -0.783. The summed E-state index contributed by atoms with van der Waals surface area (Å²) in [6, 6.07) is 12.0. The maximum absolute atomic E-state index is 15.4. The lowest BCUT2D eigenvalue weighted by Gasteiger charge is -2.23. The molecule has 86 heavy (non-hydrogen) atoms. The van der Waals surface area contributed by atoms with E-state index in [-0.39, 0.29) is 36.0 Å². The number of ether oxygens (including phenoxy) is 20. The Bertz CT molecular complexity index is 2290. The first kappa shape index (κ1) is 73.8. The predicted octanol–water partition coefficient (Wildman–Crippen LogP) is 6.65. The van der Waals surface area contributed by atoms with Crippen LogP contribution in [-0.2, 0) is 81.5 Å². The van der Waals surface area contributed by atoms with Crippen LogP contribution in [0.15, 0.2) is 59.9 Å². The van der Waals surface area contributed by atoms with Gasteiger partial charge in [-0.3, -0.25) is 4.57 Å². The minimum Gasteiger partial charge on any atom is -0.494 e. The number of anilines is 2. The lowest BCUT2D eigenvalue weighted by atomic mass is 10.2. The molecule has 0 atom stereocenters. The molecule has 27 heteroatoms. The SMILES string of the molecule is COCCOCCOCCOCCOCCOCCOCCOCCOCCOCCOCCOCCOCCOCCOCCOCCOc1cc(F)c(CSc2ncc(N(C)c3ccc(OC)c(OC)c3)n2-c2ccc(F)c(OC)c2)c(F)c1. The Morgan fingerprint density at radius 1 is 0.395 bits per heavy atom. The van der Waals surface area contributed by atoms with Gasteiger partial charge in [-0.1, -0.05) is 11.8 Å². The van der Waals surface area contributed by atoms with Gasteiger partial charge in [0.15, 0.2) is 28.2 Å². The third kappa shape index (κ3) is 32.0. The lowest BCUT2D eigenvalue weighted by Crippen LogP contribution is -2.16. The highest BCUT2D eigenvalue weighted by Gasteiger charge is 2.22. The van der Waals surface area contributed by atoms with Crippen molar-refractivity contribution in [1.82, 2.24) is 9.55 Å². The molecule has 0 aliphatic carbocycles. The van der Waals surface area contributed by atoms with Gasteiger partial charge in [0.2, 0.25) is 0 Å². The van der Waals surface area contributed by atoms with Crippen LogP contribution >= 0.6 is 11.8 Å². The van der Waals surface area contributed by atoms with Crippen molar-refractivity contribution in [3.8, 4) is 28.7 Å². The fourth-order valence-electron chi connectivity index (χ4n) is 7.34. The van der Waals surface area contributed by atoms with E-state index in [4.69, 9.17) is 94.7 Å². The Kier molecular flexibility index (Phi) is 42.3. The summed E-state index contributed by atoms with van der Waals surface area (Å²) in [5, 5.41) is 0.389. The van der Waals surface area contributed by atoms with E-state index in [1.54, 1.807) is 43.2 Å². The average Bonchev–Trinajstić information content (AvgIpc) is 3.41. The maximum atomic E-state index is 15.4. The van der Waals surface area contributed by atoms with Crippen molar-refractivity contribution in [3.63, 3.8) is 0 Å². The monoisotopic (exact) mass is 1250 g/mol. The van der Waals surface area contributed by atoms with Crippen molar-refractivity contribution in [1.29, 1.82) is 0 Å². The topological polar surface area (TPSA) is 206 Å². The summed E-state index contributed by atoms with van der Waals surface area (Å²) in [4.78, 5) is 6.44. The van der Waals surface area contributed by atoms with Crippen LogP contribution in [0.2, 0.25) is 0 Å². The minimum absolute atomic E-state index is 0.0150. The first-order valence-corrected chi connectivity index (χ1v) is 29.6. The number of methoxy groups -OCH3 is 4. The molecule has 0 N–H and O–H groups in total. The molecule has 0 saturated carbocycles. The van der Waals surface area contributed by atoms with Crippen LogP contribution in [0.4, 0.5) is 24.7 Å². The van der Waals surface area contributed by atoms with E-state index in [9.17, 15) is 4.39 Å². The number of hydrogen-bond acceptors (Lipinski definition) is 23. The van der Waals surface area contributed by atoms with E-state index in [0.717, 1.165) is 29.6 Å². The second-order valence-electron chi connectivity index (χ2n) is 17.8. The molecule has 1 heterocycles. The number of thioether (sulfide) groups is 1. The van der Waals surface area contributed by atoms with Gasteiger partial charge < -0.3 is 99.6 Å². The molecule has 0 bridgehead atoms. The third-order valence-electron chi connectivity index (χ3n) is 11.8. The van der Waals surface area contributed by atoms with Crippen molar-refractivity contribution in [2.75, 3.05) is 252 Å². The summed E-state index contributed by atoms with van der Waals surface area (Å²) in [6.07, 6.45) is 1.61. The Hall–Kier alpha value is -4.63. The van der Waals surface area contributed by atoms with Gasteiger partial charge in [-0.15, -0.1) is 0 Å². The van der Waals surface area contributed by atoms with Crippen LogP contribution in [0.25, 0.3) is 5.69 Å². The molecule has 0 saturated heterocycles. The highest BCUT2D eigenvalue weighted by atomic mass is 32.2. The van der Waals surface area contributed by atoms with Crippen molar-refractivity contribution < 1.29 is 108 Å². The molecule has 0 amide bonds. The largest absolute Gasteiger partial charge is 0.494 e. The molecular weight excluding hydrogens is 1160 g/mol. The second-order valence-corrected chi connectivity index (χ2v) is 18.8. The first-order valence-electron chi connectivity index (χ1n) is 28.6. The molecule has 0 aliphatic heterocycles. The van der Waals surface area contributed by atoms with E-state index in [1.165, 1.54) is 26.4 Å². The summed E-state index contributed by atoms with van der Waals surface area (Å²) in [5.41, 5.74) is 1.07. The average molecular weight is 1250 g/mol. The highest BCUT2D eigenvalue weighted by molar-refractivity contribution is 7.98. The summed E-state index contributed by atoms with van der Waals surface area (Å²) >= 11 is 1.10. The highest BCUT2D eigenvalue weighted by Crippen LogP contribution is 2.38. The number of benzene rings is 3. The van der Waals surface area contributed by atoms with Gasteiger partial charge in [-0.25, -0.2) is 18.2 Å². The summed E-state index contributed by atoms with van der Waals surface area (Å²) in [5.74, 6) is -0.557. The van der Waals surface area contributed by atoms with Crippen LogP contribution in [0, 0.1) is 17.5 Å². The molecule has 1 aromatic heterocycles. The first-order chi connectivity index (χ1) is 42.3. The van der Waals surface area contributed by atoms with Crippen LogP contribution in [0.5, 0.6) is 23.0 Å². The molecule has 0 radical (unpaired) electrons. The molecule has 0 fully saturated rings. The van der Waals surface area contributed by atoms with Crippen molar-refractivity contribution in [2.45, 2.75) is 10.9 Å². The fraction of sp³-hybridized carbons (Fsp3) is 0.644. The molecule has 4 aromatic rings. The Labute approximate surface area is 508 Å². The van der Waals surface area contributed by atoms with Gasteiger partial charge in [-0.05, 0) is 24.3 Å². The quantitative estimate of drug-likeness (QED) is 0.0335. The number of imidazole rings is 1. The number of hydrogen-bond donors (Lipinski definition) is 0. The van der Waals surface area contributed by atoms with E-state index in [2.05, 4.69) is 4.98 Å². The molecular formula is C59H90F3N3O20S. The number of aromatic nitrogens is 2. The lowest BCUT2D eigenvalue weighted by molar-refractivity contribution is -0.0303. The Morgan fingerprint density at radius 2 is 0.756 bits per heavy atom. The van der Waals surface area contributed by atoms with Gasteiger partial charge >= 0.3 is 0 Å². The predicted molar refractivity (Wildman–Crippen MR) is 313 cm³/mol. The van der Waals surface area contributed by atoms with Crippen LogP contribution in [0.1, 0.15) is 5.56 Å². The van der Waals surface area contributed by atoms with E-state index in [0.29, 0.717) is 226 Å². The van der Waals surface area contributed by atoms with E-state index in [1.807, 2.05) is 18.0 Å². The standard InChI is InChI=1S/C59H90F3N3O20S/c1-64(48-7-9-55(67-3)57(42-48)69-5)58-46-63-59(65(58)49-6-8-52(60)56(43-49)68-4)86-47-51-53(61)44-50(45-54(51)62)85-41-40-84-39-38-83-37-36-82-35-34-81-33-32-80-31-30-79-29-28-78-27-26-77-25-24-76-23-22-75-21-20-74-19-18-73-17-16-72-15-14-71-13-12-70-11-10-66-2/h6-9,42-46H,10-41,47H2,1-5H3. The van der Waals surface area contributed by atoms with Crippen molar-refractivity contribution in [3.05, 3.63) is 77.7 Å². The van der Waals surface area contributed by atoms with Gasteiger partial charge in [0, 0.05) is 55.4 Å². The Morgan fingerprint density at radius 3 is 1.12 bits per heavy atom. The normalized spacial score (nSPS) is 11.5. The van der Waals surface area contributed by atoms with Gasteiger partial charge in [0.1, 0.15) is 29.8 Å². The van der Waals surface area contributed by atoms with Gasteiger partial charge in [-0.2, -0.15) is 0 Å². The second kappa shape index (κ2) is 49.3. The zero-order valence-corrected chi connectivity index (χ0v) is 51.4. The summed E-state index contributed by atoms with van der Waals surface area (Å²) in [6.45, 7) is 14.2. The van der Waals surface area contributed by atoms with Crippen LogP contribution in [-0.4, -0.2) is 256 Å². The van der Waals surface area contributed by atoms with Crippen molar-refractivity contribution >= 4 is 23.3 Å². The zero-order valence-electron chi connectivity index (χ0n) is 50.6. The third-order valence-corrected chi connectivity index (χ3v) is 12.8. The number of rotatable bonds is 58. The maximum Gasteiger partial charge on any atom is 0.174 e. The molecule has 4 rings (SSSR count). The molecule has 3 aromatic carbocycles. The molecule has 0 aliphatic rings. The molecule has 23 nitrogen and oxygen atoms in total. The molecule has 0 unspecified atom stereocenters. The van der Waals surface area contributed by atoms with Crippen LogP contribution < -0.4 is 23.8 Å². The summed E-state index contributed by atoms with van der Waals surface area (Å²) in [7, 11) is 7.91. The van der Waals surface area contributed by atoms with Crippen molar-refractivity contribution in [2.24, 2.45) is 0 Å². The molecule has 488 valence electrons. The molecule has 0 spiro atoms. The Balaban J connectivity index is 0.876. The summed E-state index contributed by atoms with van der Waals surface area (Å²) < 4.78 is 156. The van der Waals surface area contributed by atoms with Crippen LogP contribution in [0.3, 0.4) is 0 Å². The number of halogens is 3. The zero-order chi connectivity index (χ0) is 61.3. The fourth-order valence-corrected chi connectivity index (χ4v) is 8.34. The van der Waals surface area contributed by atoms with Gasteiger partial charge in [0.25, 0.3) is 0 Å². The number of nitrogens with zero attached hydrogens (tertiary/aromatic N) is 3. The van der Waals surface area contributed by atoms with E-state index >= 15 is 8.78 Å².